The molecule has 0 atom stereocenters. The molecule has 4 rings (SSSR count). The zero-order valence-electron chi connectivity index (χ0n) is 22.2. The maximum absolute atomic E-state index is 15.7. The summed E-state index contributed by atoms with van der Waals surface area (Å²) in [6, 6.07) is 15.7. The average molecular weight is 514 g/mol. The van der Waals surface area contributed by atoms with Crippen LogP contribution < -0.4 is 10.2 Å². The number of aromatic nitrogens is 1. The van der Waals surface area contributed by atoms with Gasteiger partial charge in [-0.05, 0) is 67.8 Å². The zero-order valence-corrected chi connectivity index (χ0v) is 22.2. The molecule has 196 valence electrons. The lowest BCUT2D eigenvalue weighted by atomic mass is 9.85. The second-order valence-electron chi connectivity index (χ2n) is 9.80. The number of likely N-dealkylation sites (tertiary alicyclic amines) is 1. The van der Waals surface area contributed by atoms with Gasteiger partial charge in [-0.15, -0.1) is 0 Å². The van der Waals surface area contributed by atoms with Crippen molar-refractivity contribution < 1.29 is 14.0 Å². The Balaban J connectivity index is 1.47. The molecule has 1 fully saturated rings. The second kappa shape index (κ2) is 11.0. The Morgan fingerprint density at radius 3 is 2.37 bits per heavy atom. The fraction of sp³-hybridized carbons (Fsp3) is 0.333. The van der Waals surface area contributed by atoms with E-state index in [-0.39, 0.29) is 37.7 Å². The van der Waals surface area contributed by atoms with E-state index < -0.39 is 5.67 Å². The molecular weight excluding hydrogens is 481 g/mol. The predicted molar refractivity (Wildman–Crippen MR) is 146 cm³/mol. The van der Waals surface area contributed by atoms with Crippen LogP contribution in [0.4, 0.5) is 15.9 Å². The predicted octanol–water partition coefficient (Wildman–Crippen LogP) is 5.38. The first-order valence-corrected chi connectivity index (χ1v) is 12.7. The number of nitrogens with one attached hydrogen (secondary N) is 1. The van der Waals surface area contributed by atoms with Crippen molar-refractivity contribution in [2.45, 2.75) is 39.3 Å². The van der Waals surface area contributed by atoms with Gasteiger partial charge in [-0.3, -0.25) is 9.59 Å². The van der Waals surface area contributed by atoms with Crippen LogP contribution in [0, 0.1) is 25.2 Å². The minimum absolute atomic E-state index is 0.176. The molecule has 1 aliphatic heterocycles. The van der Waals surface area contributed by atoms with E-state index in [1.165, 1.54) is 6.20 Å². The van der Waals surface area contributed by atoms with Gasteiger partial charge in [0.25, 0.3) is 11.8 Å². The number of alkyl halides is 1. The van der Waals surface area contributed by atoms with Gasteiger partial charge in [0.2, 0.25) is 0 Å². The van der Waals surface area contributed by atoms with Gasteiger partial charge in [-0.1, -0.05) is 18.2 Å². The van der Waals surface area contributed by atoms with Crippen molar-refractivity contribution in [3.8, 4) is 6.07 Å². The Kier molecular flexibility index (Phi) is 7.77. The molecule has 0 radical (unpaired) electrons. The number of carbonyl (C=O) groups excluding carboxylic acids is 2. The third kappa shape index (κ3) is 5.52. The first-order chi connectivity index (χ1) is 18.1. The lowest BCUT2D eigenvalue weighted by Gasteiger charge is -2.37. The van der Waals surface area contributed by atoms with E-state index in [1.807, 2.05) is 44.9 Å². The first kappa shape index (κ1) is 26.8. The molecule has 0 aliphatic carbocycles. The van der Waals surface area contributed by atoms with Gasteiger partial charge in [0, 0.05) is 57.0 Å². The van der Waals surface area contributed by atoms with Crippen molar-refractivity contribution in [1.29, 1.82) is 5.26 Å². The fourth-order valence-electron chi connectivity index (χ4n) is 4.69. The number of nitrogens with zero attached hydrogens (tertiary/aromatic N) is 4. The van der Waals surface area contributed by atoms with E-state index in [4.69, 9.17) is 5.26 Å². The number of piperidine rings is 1. The van der Waals surface area contributed by atoms with Crippen molar-refractivity contribution in [1.82, 2.24) is 9.88 Å². The highest BCUT2D eigenvalue weighted by Gasteiger charge is 2.38. The van der Waals surface area contributed by atoms with Crippen LogP contribution in [0.15, 0.2) is 54.7 Å². The van der Waals surface area contributed by atoms with E-state index >= 15 is 4.39 Å². The van der Waals surface area contributed by atoms with E-state index in [9.17, 15) is 9.59 Å². The number of benzene rings is 2. The molecule has 8 heteroatoms. The van der Waals surface area contributed by atoms with E-state index in [1.54, 1.807) is 47.4 Å². The summed E-state index contributed by atoms with van der Waals surface area (Å²) in [4.78, 5) is 34.3. The Labute approximate surface area is 222 Å². The smallest absolute Gasteiger partial charge is 0.257 e. The minimum atomic E-state index is -1.54. The normalized spacial score (nSPS) is 14.5. The van der Waals surface area contributed by atoms with Gasteiger partial charge in [0.05, 0.1) is 17.2 Å². The van der Waals surface area contributed by atoms with Crippen molar-refractivity contribution in [2.75, 3.05) is 36.9 Å². The summed E-state index contributed by atoms with van der Waals surface area (Å²) in [7, 11) is 1.93. The number of pyridine rings is 1. The molecule has 7 nitrogen and oxygen atoms in total. The summed E-state index contributed by atoms with van der Waals surface area (Å²) in [5.41, 5.74) is 2.56. The van der Waals surface area contributed by atoms with Gasteiger partial charge in [0.15, 0.2) is 0 Å². The monoisotopic (exact) mass is 513 g/mol. The van der Waals surface area contributed by atoms with E-state index in [0.29, 0.717) is 27.9 Å². The zero-order chi connectivity index (χ0) is 27.4. The molecule has 2 aromatic carbocycles. The third-order valence-corrected chi connectivity index (χ3v) is 7.30. The molecule has 1 N–H and O–H groups in total. The van der Waals surface area contributed by atoms with Crippen LogP contribution in [0.2, 0.25) is 0 Å². The first-order valence-electron chi connectivity index (χ1n) is 12.7. The summed E-state index contributed by atoms with van der Waals surface area (Å²) >= 11 is 0. The molecular formula is C30H32FN5O2. The van der Waals surface area contributed by atoms with Gasteiger partial charge >= 0.3 is 0 Å². The summed E-state index contributed by atoms with van der Waals surface area (Å²) in [5.74, 6) is 0.283. The Morgan fingerprint density at radius 2 is 1.79 bits per heavy atom. The molecule has 38 heavy (non-hydrogen) atoms. The lowest BCUT2D eigenvalue weighted by Crippen LogP contribution is -2.43. The minimum Gasteiger partial charge on any atom is -0.360 e. The molecule has 1 aliphatic rings. The largest absolute Gasteiger partial charge is 0.360 e. The standard InChI is InChI=1S/C30H32FN5O2/c1-5-35(4)27-11-8-23(19-33-27)28(37)34-26-17-25(20(2)16-21(26)3)29(38)36-14-12-30(31,13-15-36)24-9-6-22(18-32)7-10-24/h6-11,16-17,19H,5,12-15H2,1-4H3,(H,34,37). The van der Waals surface area contributed by atoms with Crippen LogP contribution in [0.1, 0.15) is 62.7 Å². The van der Waals surface area contributed by atoms with Crippen molar-refractivity contribution in [3.05, 3.63) is 88.1 Å². The topological polar surface area (TPSA) is 89.3 Å². The number of hydrogen-bond donors (Lipinski definition) is 1. The number of aryl methyl sites for hydroxylation is 2. The number of hydrogen-bond acceptors (Lipinski definition) is 5. The number of nitriles is 1. The molecule has 0 bridgehead atoms. The van der Waals surface area contributed by atoms with E-state index in [2.05, 4.69) is 10.3 Å². The molecule has 2 heterocycles. The molecule has 0 unspecified atom stereocenters. The summed E-state index contributed by atoms with van der Waals surface area (Å²) in [6.07, 6.45) is 1.89. The van der Waals surface area contributed by atoms with Gasteiger partial charge in [0.1, 0.15) is 11.5 Å². The quantitative estimate of drug-likeness (QED) is 0.478. The number of rotatable bonds is 6. The molecule has 1 saturated heterocycles. The average Bonchev–Trinajstić information content (AvgIpc) is 2.94. The Bertz CT molecular complexity index is 1370. The summed E-state index contributed by atoms with van der Waals surface area (Å²) in [6.45, 7) is 7.11. The lowest BCUT2D eigenvalue weighted by molar-refractivity contribution is 0.0421. The maximum atomic E-state index is 15.7. The van der Waals surface area contributed by atoms with Crippen LogP contribution in [-0.4, -0.2) is 48.4 Å². The number of amides is 2. The van der Waals surface area contributed by atoms with E-state index in [0.717, 1.165) is 23.5 Å². The summed E-state index contributed by atoms with van der Waals surface area (Å²) < 4.78 is 15.7. The molecule has 0 saturated carbocycles. The molecule has 0 spiro atoms. The highest BCUT2D eigenvalue weighted by atomic mass is 19.1. The molecule has 3 aromatic rings. The van der Waals surface area contributed by atoms with Crippen molar-refractivity contribution in [3.63, 3.8) is 0 Å². The van der Waals surface area contributed by atoms with Crippen LogP contribution in [0.25, 0.3) is 0 Å². The van der Waals surface area contributed by atoms with Crippen molar-refractivity contribution in [2.24, 2.45) is 0 Å². The SMILES string of the molecule is CCN(C)c1ccc(C(=O)Nc2cc(C(=O)N3CCC(F)(c4ccc(C#N)cc4)CC3)c(C)cc2C)cn1. The number of anilines is 2. The van der Waals surface area contributed by atoms with Crippen LogP contribution in [0.5, 0.6) is 0 Å². The van der Waals surface area contributed by atoms with Crippen molar-refractivity contribution >= 4 is 23.3 Å². The maximum Gasteiger partial charge on any atom is 0.257 e. The number of carbonyl (C=O) groups is 2. The van der Waals surface area contributed by atoms with Crippen LogP contribution >= 0.6 is 0 Å². The molecule has 2 amide bonds. The highest BCUT2D eigenvalue weighted by Crippen LogP contribution is 2.37. The third-order valence-electron chi connectivity index (χ3n) is 7.30. The van der Waals surface area contributed by atoms with Crippen LogP contribution in [0.3, 0.4) is 0 Å². The number of halogens is 1. The van der Waals surface area contributed by atoms with Crippen LogP contribution in [-0.2, 0) is 5.67 Å². The summed E-state index contributed by atoms with van der Waals surface area (Å²) in [5, 5.41) is 11.9. The Morgan fingerprint density at radius 1 is 1.11 bits per heavy atom. The fourth-order valence-corrected chi connectivity index (χ4v) is 4.69. The second-order valence-corrected chi connectivity index (χ2v) is 9.80. The highest BCUT2D eigenvalue weighted by molar-refractivity contribution is 6.05. The van der Waals surface area contributed by atoms with Gasteiger partial charge < -0.3 is 15.1 Å². The Hall–Kier alpha value is -4.25. The van der Waals surface area contributed by atoms with Gasteiger partial charge in [-0.2, -0.15) is 5.26 Å². The van der Waals surface area contributed by atoms with Gasteiger partial charge in [-0.25, -0.2) is 9.37 Å². The molecule has 1 aromatic heterocycles.